The van der Waals surface area contributed by atoms with Crippen LogP contribution in [0.25, 0.3) is 0 Å². The SMILES string of the molecule is [CH3][Sn]([CH3])([CH3])[CH]1[C@@H]2C=C[C@H]1C1c3ccccc3C12. The third-order valence-corrected chi connectivity index (χ3v) is 13.2. The van der Waals surface area contributed by atoms with E-state index in [4.69, 9.17) is 0 Å². The Morgan fingerprint density at radius 3 is 1.71 bits per heavy atom. The molecule has 3 aliphatic carbocycles. The summed E-state index contributed by atoms with van der Waals surface area (Å²) in [5.41, 5.74) is 3.35. The Morgan fingerprint density at radius 2 is 1.29 bits per heavy atom. The summed E-state index contributed by atoms with van der Waals surface area (Å²) in [6.45, 7) is 0. The van der Waals surface area contributed by atoms with Gasteiger partial charge in [0, 0.05) is 0 Å². The fourth-order valence-corrected chi connectivity index (χ4v) is 13.3. The molecule has 2 bridgehead atoms. The molecule has 3 unspecified atom stereocenters. The summed E-state index contributed by atoms with van der Waals surface area (Å²) in [5, 5.41) is 0. The molecule has 1 heteroatoms. The second kappa shape index (κ2) is 3.20. The Balaban J connectivity index is 1.81. The summed E-state index contributed by atoms with van der Waals surface area (Å²) in [6.07, 6.45) is 5.13. The van der Waals surface area contributed by atoms with E-state index in [-0.39, 0.29) is 0 Å². The van der Waals surface area contributed by atoms with Crippen molar-refractivity contribution in [3.63, 3.8) is 0 Å². The first-order valence-electron chi connectivity index (χ1n) is 6.86. The first-order valence-corrected chi connectivity index (χ1v) is 17.1. The Kier molecular flexibility index (Phi) is 2.01. The second-order valence-electron chi connectivity index (χ2n) is 7.11. The molecule has 0 heterocycles. The number of fused-ring (bicyclic) bond motifs is 8. The van der Waals surface area contributed by atoms with Crippen LogP contribution in [0.2, 0.25) is 18.8 Å². The van der Waals surface area contributed by atoms with Gasteiger partial charge in [0.15, 0.2) is 0 Å². The van der Waals surface area contributed by atoms with Crippen molar-refractivity contribution in [1.82, 2.24) is 0 Å². The molecule has 1 aromatic rings. The summed E-state index contributed by atoms with van der Waals surface area (Å²) in [4.78, 5) is 7.88. The first kappa shape index (κ1) is 10.7. The van der Waals surface area contributed by atoms with Gasteiger partial charge in [-0.3, -0.25) is 0 Å². The van der Waals surface area contributed by atoms with Gasteiger partial charge in [-0.15, -0.1) is 0 Å². The fraction of sp³-hybridized carbons (Fsp3) is 0.500. The van der Waals surface area contributed by atoms with Crippen LogP contribution >= 0.6 is 0 Å². The van der Waals surface area contributed by atoms with E-state index in [1.54, 1.807) is 11.1 Å². The summed E-state index contributed by atoms with van der Waals surface area (Å²) >= 11 is -1.79. The molecular weight excluding hydrogens is 311 g/mol. The van der Waals surface area contributed by atoms with Crippen molar-refractivity contribution in [1.29, 1.82) is 0 Å². The molecule has 4 rings (SSSR count). The predicted molar refractivity (Wildman–Crippen MR) is 75.1 cm³/mol. The molecule has 3 aliphatic rings. The van der Waals surface area contributed by atoms with Gasteiger partial charge in [0.2, 0.25) is 0 Å². The average Bonchev–Trinajstić information content (AvgIpc) is 2.75. The van der Waals surface area contributed by atoms with Crippen LogP contribution < -0.4 is 0 Å². The van der Waals surface area contributed by atoms with Gasteiger partial charge in [-0.05, 0) is 0 Å². The second-order valence-corrected chi connectivity index (χ2v) is 22.5. The first-order chi connectivity index (χ1) is 8.09. The summed E-state index contributed by atoms with van der Waals surface area (Å²) in [6, 6.07) is 9.20. The summed E-state index contributed by atoms with van der Waals surface area (Å²) in [5.74, 6) is 3.58. The minimum atomic E-state index is -1.79. The summed E-state index contributed by atoms with van der Waals surface area (Å²) < 4.78 is 1.06. The number of allylic oxidation sites excluding steroid dienone is 2. The third-order valence-electron chi connectivity index (χ3n) is 5.32. The molecule has 17 heavy (non-hydrogen) atoms. The molecule has 5 atom stereocenters. The van der Waals surface area contributed by atoms with Crippen LogP contribution in [0.1, 0.15) is 23.0 Å². The Morgan fingerprint density at radius 1 is 0.824 bits per heavy atom. The van der Waals surface area contributed by atoms with Gasteiger partial charge in [-0.2, -0.15) is 0 Å². The van der Waals surface area contributed by atoms with Crippen LogP contribution in [-0.2, 0) is 0 Å². The van der Waals surface area contributed by atoms with E-state index in [1.807, 2.05) is 0 Å². The molecule has 0 aliphatic heterocycles. The van der Waals surface area contributed by atoms with Crippen molar-refractivity contribution in [3.8, 4) is 0 Å². The van der Waals surface area contributed by atoms with Crippen LogP contribution in [0, 0.1) is 11.8 Å². The maximum atomic E-state index is 2.63. The van der Waals surface area contributed by atoms with E-state index >= 15 is 0 Å². The van der Waals surface area contributed by atoms with Crippen LogP contribution in [0.5, 0.6) is 0 Å². The summed E-state index contributed by atoms with van der Waals surface area (Å²) in [7, 11) is 0. The van der Waals surface area contributed by atoms with E-state index in [1.165, 1.54) is 0 Å². The zero-order valence-electron chi connectivity index (χ0n) is 10.9. The van der Waals surface area contributed by atoms with Crippen molar-refractivity contribution >= 4 is 18.4 Å². The predicted octanol–water partition coefficient (Wildman–Crippen LogP) is 4.39. The molecule has 0 saturated heterocycles. The van der Waals surface area contributed by atoms with Crippen LogP contribution in [0.3, 0.4) is 0 Å². The Labute approximate surface area is 108 Å². The number of hydrogen-bond acceptors (Lipinski definition) is 0. The number of rotatable bonds is 1. The topological polar surface area (TPSA) is 0 Å². The zero-order chi connectivity index (χ0) is 11.8. The van der Waals surface area contributed by atoms with Crippen molar-refractivity contribution in [2.45, 2.75) is 30.6 Å². The molecule has 1 saturated carbocycles. The van der Waals surface area contributed by atoms with Gasteiger partial charge in [-0.1, -0.05) is 0 Å². The Bertz CT molecular complexity index is 470. The molecule has 0 nitrogen and oxygen atoms in total. The fourth-order valence-electron chi connectivity index (χ4n) is 4.90. The van der Waals surface area contributed by atoms with E-state index in [9.17, 15) is 0 Å². The molecule has 0 aromatic heterocycles. The van der Waals surface area contributed by atoms with Crippen LogP contribution in [-0.4, -0.2) is 18.4 Å². The number of benzene rings is 1. The van der Waals surface area contributed by atoms with Crippen LogP contribution in [0.4, 0.5) is 0 Å². The van der Waals surface area contributed by atoms with Crippen molar-refractivity contribution in [3.05, 3.63) is 47.5 Å². The monoisotopic (exact) mass is 332 g/mol. The average molecular weight is 331 g/mol. The standard InChI is InChI=1S/C13H11.3CH3.Sn/c1-2-4-11-10(3-1)12-8-5-6-9(7-8)13(11)12;;;;/h1-9,12-13H;3*1H3;/t8-,9+,12?,13?;;;;. The van der Waals surface area contributed by atoms with Crippen molar-refractivity contribution in [2.75, 3.05) is 0 Å². The maximum absolute atomic E-state index is 2.63. The molecule has 1 fully saturated rings. The van der Waals surface area contributed by atoms with E-state index in [0.29, 0.717) is 0 Å². The molecule has 0 spiro atoms. The van der Waals surface area contributed by atoms with Gasteiger partial charge in [-0.25, -0.2) is 0 Å². The molecule has 1 aromatic carbocycles. The normalized spacial score (nSPS) is 41.0. The van der Waals surface area contributed by atoms with Crippen molar-refractivity contribution < 1.29 is 0 Å². The quantitative estimate of drug-likeness (QED) is 0.529. The van der Waals surface area contributed by atoms with Crippen molar-refractivity contribution in [2.24, 2.45) is 11.8 Å². The van der Waals surface area contributed by atoms with Gasteiger partial charge >= 0.3 is 108 Å². The van der Waals surface area contributed by atoms with E-state index in [0.717, 1.165) is 27.6 Å². The molecule has 88 valence electrons. The molecular formula is C16H20Sn. The minimum absolute atomic E-state index is 0.891. The van der Waals surface area contributed by atoms with Gasteiger partial charge in [0.1, 0.15) is 0 Å². The van der Waals surface area contributed by atoms with E-state index in [2.05, 4.69) is 51.2 Å². The van der Waals surface area contributed by atoms with Gasteiger partial charge in [0.05, 0.1) is 0 Å². The molecule has 0 amide bonds. The molecule has 0 radical (unpaired) electrons. The zero-order valence-corrected chi connectivity index (χ0v) is 13.7. The van der Waals surface area contributed by atoms with E-state index < -0.39 is 18.4 Å². The Hall–Kier alpha value is -0.241. The van der Waals surface area contributed by atoms with Gasteiger partial charge in [0.25, 0.3) is 0 Å². The van der Waals surface area contributed by atoms with Gasteiger partial charge < -0.3 is 0 Å². The molecule has 0 N–H and O–H groups in total. The third kappa shape index (κ3) is 1.20. The van der Waals surface area contributed by atoms with Crippen LogP contribution in [0.15, 0.2) is 36.4 Å². The number of hydrogen-bond donors (Lipinski definition) is 0.